The quantitative estimate of drug-likeness (QED) is 0.112. The number of anilines is 1. The lowest BCUT2D eigenvalue weighted by Gasteiger charge is -2.23. The van der Waals surface area contributed by atoms with Crippen molar-refractivity contribution in [3.63, 3.8) is 0 Å². The summed E-state index contributed by atoms with van der Waals surface area (Å²) in [6, 6.07) is 14.7. The van der Waals surface area contributed by atoms with Crippen LogP contribution in [0.2, 0.25) is 0 Å². The number of thiazole rings is 1. The summed E-state index contributed by atoms with van der Waals surface area (Å²) in [4.78, 5) is 45.3. The Balaban J connectivity index is 1.83. The van der Waals surface area contributed by atoms with E-state index in [2.05, 4.69) is 25.4 Å². The third-order valence-electron chi connectivity index (χ3n) is 6.14. The molecule has 2 aromatic carbocycles. The van der Waals surface area contributed by atoms with Crippen LogP contribution in [-0.4, -0.2) is 41.0 Å². The minimum atomic E-state index is -0.999. The normalized spacial score (nSPS) is 16.5. The van der Waals surface area contributed by atoms with Crippen molar-refractivity contribution in [1.82, 2.24) is 4.98 Å². The number of ketones is 1. The fourth-order valence-electron chi connectivity index (χ4n) is 4.16. The number of aliphatic hydroxyl groups excluding tert-OH is 1. The molecule has 1 fully saturated rings. The Kier molecular flexibility index (Phi) is 8.61. The van der Waals surface area contributed by atoms with Gasteiger partial charge in [0.2, 0.25) is 0 Å². The van der Waals surface area contributed by atoms with Crippen molar-refractivity contribution in [1.29, 1.82) is 0 Å². The predicted octanol–water partition coefficient (Wildman–Crippen LogP) is 5.85. The second kappa shape index (κ2) is 12.1. The number of amides is 1. The zero-order valence-corrected chi connectivity index (χ0v) is 22.9. The fraction of sp³-hybridized carbons (Fsp3) is 0.267. The van der Waals surface area contributed by atoms with Crippen molar-refractivity contribution in [3.8, 4) is 5.75 Å². The van der Waals surface area contributed by atoms with E-state index in [4.69, 9.17) is 9.47 Å². The maximum Gasteiger partial charge on any atom is 0.350 e. The first-order valence-electron chi connectivity index (χ1n) is 12.6. The fourth-order valence-corrected chi connectivity index (χ4v) is 5.15. The van der Waals surface area contributed by atoms with Gasteiger partial charge < -0.3 is 14.6 Å². The van der Waals surface area contributed by atoms with Crippen molar-refractivity contribution < 1.29 is 29.0 Å². The van der Waals surface area contributed by atoms with E-state index < -0.39 is 23.7 Å². The monoisotopic (exact) mass is 546 g/mol. The molecular formula is C30H30N2O6S. The summed E-state index contributed by atoms with van der Waals surface area (Å²) in [6.45, 7) is 9.91. The molecule has 3 aromatic rings. The largest absolute Gasteiger partial charge is 0.507 e. The smallest absolute Gasteiger partial charge is 0.350 e. The number of benzene rings is 2. The SMILES string of the molecule is C=CCOC(=O)c1sc(N2C(=O)C(=O)C(=C(O)c3ccccc3)C2c2cccc(OCCC(C)C)c2)nc1C. The summed E-state index contributed by atoms with van der Waals surface area (Å²) in [5, 5.41) is 11.4. The molecule has 1 atom stereocenters. The van der Waals surface area contributed by atoms with E-state index in [1.165, 1.54) is 11.0 Å². The molecule has 4 rings (SSSR count). The van der Waals surface area contributed by atoms with E-state index in [9.17, 15) is 19.5 Å². The number of aliphatic hydroxyl groups is 1. The van der Waals surface area contributed by atoms with E-state index in [1.807, 2.05) is 0 Å². The Hall–Kier alpha value is -4.24. The van der Waals surface area contributed by atoms with E-state index >= 15 is 0 Å². The lowest BCUT2D eigenvalue weighted by molar-refractivity contribution is -0.132. The van der Waals surface area contributed by atoms with Gasteiger partial charge in [-0.15, -0.1) is 0 Å². The first kappa shape index (κ1) is 27.8. The van der Waals surface area contributed by atoms with Gasteiger partial charge in [-0.3, -0.25) is 14.5 Å². The van der Waals surface area contributed by atoms with Crippen molar-refractivity contribution in [3.05, 3.63) is 94.5 Å². The van der Waals surface area contributed by atoms with Gasteiger partial charge in [0.1, 0.15) is 23.0 Å². The van der Waals surface area contributed by atoms with Crippen molar-refractivity contribution in [2.75, 3.05) is 18.1 Å². The molecule has 1 aliphatic heterocycles. The number of aryl methyl sites for hydroxylation is 1. The summed E-state index contributed by atoms with van der Waals surface area (Å²) in [6.07, 6.45) is 2.31. The van der Waals surface area contributed by atoms with Gasteiger partial charge in [-0.1, -0.05) is 80.3 Å². The topological polar surface area (TPSA) is 106 Å². The van der Waals surface area contributed by atoms with Crippen LogP contribution >= 0.6 is 11.3 Å². The molecule has 0 spiro atoms. The molecule has 0 aliphatic carbocycles. The first-order chi connectivity index (χ1) is 18.7. The van der Waals surface area contributed by atoms with Gasteiger partial charge in [-0.05, 0) is 37.0 Å². The highest BCUT2D eigenvalue weighted by Crippen LogP contribution is 2.44. The van der Waals surface area contributed by atoms with Crippen LogP contribution in [0.4, 0.5) is 5.13 Å². The molecule has 1 unspecified atom stereocenters. The number of carbonyl (C=O) groups excluding carboxylic acids is 3. The molecule has 9 heteroatoms. The van der Waals surface area contributed by atoms with Gasteiger partial charge in [0, 0.05) is 5.56 Å². The number of carbonyl (C=O) groups is 3. The second-order valence-corrected chi connectivity index (χ2v) is 10.4. The number of hydrogen-bond donors (Lipinski definition) is 1. The number of esters is 1. The first-order valence-corrected chi connectivity index (χ1v) is 13.4. The van der Waals surface area contributed by atoms with Crippen LogP contribution in [0.1, 0.15) is 52.8 Å². The lowest BCUT2D eigenvalue weighted by Crippen LogP contribution is -2.29. The maximum absolute atomic E-state index is 13.5. The Morgan fingerprint density at radius 3 is 2.62 bits per heavy atom. The third kappa shape index (κ3) is 5.93. The molecule has 1 aromatic heterocycles. The molecule has 8 nitrogen and oxygen atoms in total. The van der Waals surface area contributed by atoms with E-state index in [-0.39, 0.29) is 27.9 Å². The highest BCUT2D eigenvalue weighted by atomic mass is 32.1. The average Bonchev–Trinajstić information content (AvgIpc) is 3.43. The van der Waals surface area contributed by atoms with Crippen LogP contribution in [-0.2, 0) is 14.3 Å². The van der Waals surface area contributed by atoms with Gasteiger partial charge in [0.25, 0.3) is 5.78 Å². The highest BCUT2D eigenvalue weighted by Gasteiger charge is 2.48. The Bertz CT molecular complexity index is 1430. The van der Waals surface area contributed by atoms with Crippen molar-refractivity contribution in [2.45, 2.75) is 33.2 Å². The molecule has 2 heterocycles. The van der Waals surface area contributed by atoms with Crippen LogP contribution in [0.5, 0.6) is 5.75 Å². The van der Waals surface area contributed by atoms with E-state index in [1.54, 1.807) is 61.5 Å². The third-order valence-corrected chi connectivity index (χ3v) is 7.28. The molecule has 1 amide bonds. The summed E-state index contributed by atoms with van der Waals surface area (Å²) >= 11 is 0.948. The molecule has 0 radical (unpaired) electrons. The van der Waals surface area contributed by atoms with Gasteiger partial charge >= 0.3 is 11.9 Å². The van der Waals surface area contributed by atoms with Gasteiger partial charge in [0.15, 0.2) is 5.13 Å². The summed E-state index contributed by atoms with van der Waals surface area (Å²) in [5.74, 6) is -1.57. The number of rotatable bonds is 10. The molecule has 39 heavy (non-hydrogen) atoms. The molecule has 1 N–H and O–H groups in total. The number of aromatic nitrogens is 1. The molecule has 202 valence electrons. The number of Topliss-reactive ketones (excluding diaryl/α,β-unsaturated/α-hetero) is 1. The molecule has 1 saturated heterocycles. The number of hydrogen-bond acceptors (Lipinski definition) is 8. The molecule has 0 saturated carbocycles. The van der Waals surface area contributed by atoms with E-state index in [0.717, 1.165) is 17.8 Å². The van der Waals surface area contributed by atoms with Gasteiger partial charge in [-0.25, -0.2) is 9.78 Å². The summed E-state index contributed by atoms with van der Waals surface area (Å²) < 4.78 is 11.1. The minimum Gasteiger partial charge on any atom is -0.507 e. The van der Waals surface area contributed by atoms with E-state index in [0.29, 0.717) is 35.1 Å². The average molecular weight is 547 g/mol. The predicted molar refractivity (Wildman–Crippen MR) is 150 cm³/mol. The van der Waals surface area contributed by atoms with Crippen molar-refractivity contribution in [2.24, 2.45) is 5.92 Å². The standard InChI is InChI=1S/C30H30N2O6S/c1-5-15-38-29(36)27-19(4)31-30(39-27)32-24(21-12-9-13-22(17-21)37-16-14-18(2)3)23(26(34)28(32)35)25(33)20-10-7-6-8-11-20/h5-13,17-18,24,33H,1,14-16H2,2-4H3. The summed E-state index contributed by atoms with van der Waals surface area (Å²) in [7, 11) is 0. The Morgan fingerprint density at radius 1 is 1.18 bits per heavy atom. The number of nitrogens with zero attached hydrogens (tertiary/aromatic N) is 2. The Labute approximate surface area is 231 Å². The molecular weight excluding hydrogens is 516 g/mol. The minimum absolute atomic E-state index is 0.0245. The summed E-state index contributed by atoms with van der Waals surface area (Å²) in [5.41, 5.74) is 1.24. The zero-order valence-electron chi connectivity index (χ0n) is 22.0. The van der Waals surface area contributed by atoms with Crippen LogP contribution < -0.4 is 9.64 Å². The van der Waals surface area contributed by atoms with Gasteiger partial charge in [0.05, 0.1) is 23.9 Å². The zero-order chi connectivity index (χ0) is 28.1. The maximum atomic E-state index is 13.5. The lowest BCUT2D eigenvalue weighted by atomic mass is 9.95. The van der Waals surface area contributed by atoms with Crippen LogP contribution in [0, 0.1) is 12.8 Å². The highest BCUT2D eigenvalue weighted by molar-refractivity contribution is 7.17. The van der Waals surface area contributed by atoms with Crippen LogP contribution in [0.15, 0.2) is 72.8 Å². The number of ether oxygens (including phenoxy) is 2. The van der Waals surface area contributed by atoms with Crippen LogP contribution in [0.25, 0.3) is 5.76 Å². The van der Waals surface area contributed by atoms with Crippen molar-refractivity contribution >= 4 is 39.9 Å². The molecule has 1 aliphatic rings. The van der Waals surface area contributed by atoms with Crippen LogP contribution in [0.3, 0.4) is 0 Å². The Morgan fingerprint density at radius 2 is 1.92 bits per heavy atom. The molecule has 0 bridgehead atoms. The second-order valence-electron chi connectivity index (χ2n) is 9.44. The van der Waals surface area contributed by atoms with Gasteiger partial charge in [-0.2, -0.15) is 0 Å².